The zero-order valence-electron chi connectivity index (χ0n) is 16.5. The fourth-order valence-electron chi connectivity index (χ4n) is 4.81. The van der Waals surface area contributed by atoms with Gasteiger partial charge in [0, 0.05) is 0 Å². The van der Waals surface area contributed by atoms with E-state index >= 15 is 0 Å². The maximum absolute atomic E-state index is 2.67. The third-order valence-corrected chi connectivity index (χ3v) is 18.9. The SMILES string of the molecule is CC1=C(C)[C](C)([Zr]([CH3])[C]2(C)C(C)=C(C)C(C)=C2C)C(C)=C1C. The minimum atomic E-state index is -1.86. The first-order chi connectivity index (χ1) is 9.93. The normalized spacial score (nSPS) is 24.1. The predicted octanol–water partition coefficient (Wildman–Crippen LogP) is 7.38. The van der Waals surface area contributed by atoms with Crippen LogP contribution in [0.25, 0.3) is 0 Å². The monoisotopic (exact) mass is 375 g/mol. The third-order valence-electron chi connectivity index (χ3n) is 7.88. The van der Waals surface area contributed by atoms with Gasteiger partial charge in [-0.2, -0.15) is 0 Å². The van der Waals surface area contributed by atoms with Gasteiger partial charge >= 0.3 is 146 Å². The van der Waals surface area contributed by atoms with Gasteiger partial charge in [0.15, 0.2) is 0 Å². The summed E-state index contributed by atoms with van der Waals surface area (Å²) in [6, 6.07) is 0. The van der Waals surface area contributed by atoms with Gasteiger partial charge in [0.1, 0.15) is 0 Å². The van der Waals surface area contributed by atoms with Crippen LogP contribution in [0.15, 0.2) is 44.6 Å². The van der Waals surface area contributed by atoms with Gasteiger partial charge in [0.25, 0.3) is 0 Å². The van der Waals surface area contributed by atoms with E-state index in [0.717, 1.165) is 0 Å². The Balaban J connectivity index is 2.66. The van der Waals surface area contributed by atoms with Crippen molar-refractivity contribution in [3.63, 3.8) is 0 Å². The van der Waals surface area contributed by atoms with Gasteiger partial charge in [-0.1, -0.05) is 0 Å². The second-order valence-electron chi connectivity index (χ2n) is 7.88. The first-order valence-electron chi connectivity index (χ1n) is 8.50. The molecule has 0 amide bonds. The van der Waals surface area contributed by atoms with Gasteiger partial charge in [-0.05, 0) is 0 Å². The first-order valence-corrected chi connectivity index (χ1v) is 13.4. The summed E-state index contributed by atoms with van der Waals surface area (Å²) in [6.07, 6.45) is 0. The van der Waals surface area contributed by atoms with Gasteiger partial charge in [-0.3, -0.25) is 0 Å². The van der Waals surface area contributed by atoms with Crippen LogP contribution >= 0.6 is 0 Å². The molecule has 2 aliphatic carbocycles. The quantitative estimate of drug-likeness (QED) is 0.471. The van der Waals surface area contributed by atoms with E-state index in [1.807, 2.05) is 0 Å². The van der Waals surface area contributed by atoms with Crippen LogP contribution in [-0.2, 0) is 21.8 Å². The number of hydrogen-bond donors (Lipinski definition) is 0. The van der Waals surface area contributed by atoms with Crippen LogP contribution in [0.3, 0.4) is 0 Å². The van der Waals surface area contributed by atoms with Crippen LogP contribution in [0.2, 0.25) is 10.9 Å². The molecule has 0 atom stereocenters. The standard InChI is InChI=1S/2C10H15.CH3.Zr/c2*1-6-7(2)9(4)10(5)8(6)3;;/h2*1-5H3;1H3;. The first kappa shape index (κ1) is 18.2. The zero-order valence-corrected chi connectivity index (χ0v) is 19.0. The molecule has 0 aromatic carbocycles. The van der Waals surface area contributed by atoms with Gasteiger partial charge < -0.3 is 0 Å². The van der Waals surface area contributed by atoms with E-state index in [2.05, 4.69) is 73.9 Å². The Labute approximate surface area is 146 Å². The molecule has 0 aromatic rings. The molecule has 0 saturated heterocycles. The molecule has 0 aliphatic heterocycles. The van der Waals surface area contributed by atoms with Crippen molar-refractivity contribution in [2.24, 2.45) is 0 Å². The molecule has 0 N–H and O–H groups in total. The molecule has 0 spiro atoms. The molecule has 0 heterocycles. The van der Waals surface area contributed by atoms with Gasteiger partial charge in [0.2, 0.25) is 0 Å². The molecular formula is C21H33Zr. The fourth-order valence-corrected chi connectivity index (χ4v) is 14.6. The summed E-state index contributed by atoms with van der Waals surface area (Å²) in [7, 11) is 0. The molecule has 0 fully saturated rings. The Morgan fingerprint density at radius 2 is 0.682 bits per heavy atom. The average molecular weight is 377 g/mol. The Hall–Kier alpha value is -0.157. The Bertz CT molecular complexity index is 558. The summed E-state index contributed by atoms with van der Waals surface area (Å²) in [5.41, 5.74) is 12.8. The molecule has 1 heteroatoms. The second-order valence-corrected chi connectivity index (χ2v) is 15.9. The van der Waals surface area contributed by atoms with Crippen molar-refractivity contribution in [1.82, 2.24) is 0 Å². The Morgan fingerprint density at radius 3 is 0.864 bits per heavy atom. The van der Waals surface area contributed by atoms with Crippen LogP contribution in [0.5, 0.6) is 0 Å². The summed E-state index contributed by atoms with van der Waals surface area (Å²) in [5, 5.41) is 0. The van der Waals surface area contributed by atoms with Crippen molar-refractivity contribution >= 4 is 0 Å². The van der Waals surface area contributed by atoms with Crippen molar-refractivity contribution < 1.29 is 21.8 Å². The maximum atomic E-state index is 2.67. The van der Waals surface area contributed by atoms with Crippen molar-refractivity contribution in [3.8, 4) is 0 Å². The van der Waals surface area contributed by atoms with E-state index in [9.17, 15) is 0 Å². The van der Waals surface area contributed by atoms with Crippen molar-refractivity contribution in [1.29, 1.82) is 0 Å². The van der Waals surface area contributed by atoms with E-state index in [1.165, 1.54) is 0 Å². The van der Waals surface area contributed by atoms with E-state index in [0.29, 0.717) is 6.25 Å². The van der Waals surface area contributed by atoms with E-state index in [1.54, 1.807) is 44.6 Å². The van der Waals surface area contributed by atoms with E-state index in [4.69, 9.17) is 0 Å². The molecule has 2 aliphatic rings. The summed E-state index contributed by atoms with van der Waals surface area (Å²) in [5.74, 6) is 0. The van der Waals surface area contributed by atoms with E-state index in [-0.39, 0.29) is 0 Å². The van der Waals surface area contributed by atoms with Gasteiger partial charge in [-0.15, -0.1) is 0 Å². The van der Waals surface area contributed by atoms with Crippen LogP contribution in [-0.4, -0.2) is 0 Å². The second kappa shape index (κ2) is 5.44. The molecule has 0 unspecified atom stereocenters. The molecule has 22 heavy (non-hydrogen) atoms. The fraction of sp³-hybridized carbons (Fsp3) is 0.619. The molecule has 2 rings (SSSR count). The van der Waals surface area contributed by atoms with E-state index < -0.39 is 21.8 Å². The van der Waals surface area contributed by atoms with Crippen LogP contribution in [0.4, 0.5) is 0 Å². The third kappa shape index (κ3) is 1.97. The summed E-state index contributed by atoms with van der Waals surface area (Å²) < 4.78 is 3.39. The summed E-state index contributed by atoms with van der Waals surface area (Å²) >= 11 is -1.86. The minimum absolute atomic E-state index is 0.360. The molecule has 0 bridgehead atoms. The van der Waals surface area contributed by atoms with Crippen LogP contribution < -0.4 is 0 Å². The van der Waals surface area contributed by atoms with Crippen LogP contribution in [0.1, 0.15) is 69.2 Å². The molecule has 0 radical (unpaired) electrons. The van der Waals surface area contributed by atoms with Crippen LogP contribution in [0, 0.1) is 0 Å². The van der Waals surface area contributed by atoms with Gasteiger partial charge in [-0.25, -0.2) is 0 Å². The summed E-state index contributed by atoms with van der Waals surface area (Å²) in [4.78, 5) is 0. The average Bonchev–Trinajstić information content (AvgIpc) is 2.75. The van der Waals surface area contributed by atoms with Crippen molar-refractivity contribution in [2.45, 2.75) is 80.1 Å². The Morgan fingerprint density at radius 1 is 0.500 bits per heavy atom. The summed E-state index contributed by atoms with van der Waals surface area (Å²) in [6.45, 7) is 24.0. The number of hydrogen-bond acceptors (Lipinski definition) is 0. The number of rotatable bonds is 2. The van der Waals surface area contributed by atoms with Crippen molar-refractivity contribution in [2.75, 3.05) is 0 Å². The molecule has 121 valence electrons. The number of allylic oxidation sites excluding steroid dienone is 8. The van der Waals surface area contributed by atoms with Crippen molar-refractivity contribution in [3.05, 3.63) is 44.6 Å². The van der Waals surface area contributed by atoms with Gasteiger partial charge in [0.05, 0.1) is 0 Å². The molecule has 0 saturated carbocycles. The zero-order chi connectivity index (χ0) is 17.2. The Kier molecular flexibility index (Phi) is 4.50. The molecular weight excluding hydrogens is 343 g/mol. The predicted molar refractivity (Wildman–Crippen MR) is 96.1 cm³/mol. The molecule has 0 aromatic heterocycles. The topological polar surface area (TPSA) is 0 Å². The molecule has 0 nitrogen and oxygen atoms in total.